The second kappa shape index (κ2) is 9.46. The monoisotopic (exact) mass is 184 g/mol. The maximum atomic E-state index is 9.92. The summed E-state index contributed by atoms with van der Waals surface area (Å²) in [4.78, 5) is 9.92. The number of aliphatic hydroxyl groups excluding tert-OH is 1. The Balaban J connectivity index is 3.24. The zero-order chi connectivity index (χ0) is 9.94. The summed E-state index contributed by atoms with van der Waals surface area (Å²) >= 11 is 0. The van der Waals surface area contributed by atoms with E-state index in [1.807, 2.05) is 0 Å². The molecule has 1 atom stereocenters. The number of hydrogen-bond acceptors (Lipinski definition) is 2. The van der Waals surface area contributed by atoms with Crippen molar-refractivity contribution in [3.63, 3.8) is 0 Å². The maximum absolute atomic E-state index is 9.92. The second-order valence-electron chi connectivity index (χ2n) is 3.30. The molecule has 0 aliphatic heterocycles. The summed E-state index contributed by atoms with van der Waals surface area (Å²) in [7, 11) is 0. The fraction of sp³-hybridized carbons (Fsp3) is 0.727. The lowest BCUT2D eigenvalue weighted by Gasteiger charge is -2.06. The molecule has 0 radical (unpaired) electrons. The van der Waals surface area contributed by atoms with Crippen LogP contribution in [0.25, 0.3) is 0 Å². The van der Waals surface area contributed by atoms with Crippen LogP contribution in [0, 0.1) is 0 Å². The van der Waals surface area contributed by atoms with Gasteiger partial charge in [-0.1, -0.05) is 38.7 Å². The van der Waals surface area contributed by atoms with Crippen LogP contribution in [0.2, 0.25) is 0 Å². The van der Waals surface area contributed by atoms with E-state index < -0.39 is 0 Å². The summed E-state index contributed by atoms with van der Waals surface area (Å²) in [6, 6.07) is 0. The molecule has 0 aliphatic rings. The van der Waals surface area contributed by atoms with E-state index in [2.05, 4.69) is 6.92 Å². The van der Waals surface area contributed by atoms with Crippen LogP contribution in [0.5, 0.6) is 0 Å². The molecule has 0 aromatic rings. The van der Waals surface area contributed by atoms with E-state index in [9.17, 15) is 9.90 Å². The van der Waals surface area contributed by atoms with Gasteiger partial charge in [0.05, 0.1) is 6.10 Å². The third kappa shape index (κ3) is 9.28. The Kier molecular flexibility index (Phi) is 9.00. The number of carbonyl (C=O) groups is 1. The van der Waals surface area contributed by atoms with Crippen molar-refractivity contribution in [2.45, 2.75) is 51.6 Å². The molecular weight excluding hydrogens is 164 g/mol. The topological polar surface area (TPSA) is 37.3 Å². The van der Waals surface area contributed by atoms with Crippen LogP contribution < -0.4 is 0 Å². The van der Waals surface area contributed by atoms with Crippen molar-refractivity contribution in [2.75, 3.05) is 0 Å². The lowest BCUT2D eigenvalue weighted by atomic mass is 10.1. The molecule has 0 aliphatic carbocycles. The Bertz CT molecular complexity index is 141. The van der Waals surface area contributed by atoms with Crippen LogP contribution in [0.4, 0.5) is 0 Å². The van der Waals surface area contributed by atoms with Gasteiger partial charge in [0.1, 0.15) is 6.29 Å². The fourth-order valence-corrected chi connectivity index (χ4v) is 1.22. The Hall–Kier alpha value is -0.630. The van der Waals surface area contributed by atoms with E-state index in [1.165, 1.54) is 25.3 Å². The molecule has 0 unspecified atom stereocenters. The first kappa shape index (κ1) is 12.4. The largest absolute Gasteiger partial charge is 0.393 e. The minimum Gasteiger partial charge on any atom is -0.393 e. The first-order chi connectivity index (χ1) is 6.31. The van der Waals surface area contributed by atoms with E-state index in [0.29, 0.717) is 6.42 Å². The molecular formula is C11H20O2. The minimum absolute atomic E-state index is 0.270. The Morgan fingerprint density at radius 2 is 2.08 bits per heavy atom. The molecule has 1 N–H and O–H groups in total. The summed E-state index contributed by atoms with van der Waals surface area (Å²) in [5, 5.41) is 9.41. The van der Waals surface area contributed by atoms with Gasteiger partial charge in [0.15, 0.2) is 0 Å². The van der Waals surface area contributed by atoms with E-state index in [4.69, 9.17) is 0 Å². The lowest BCUT2D eigenvalue weighted by Crippen LogP contribution is -2.04. The predicted octanol–water partition coefficient (Wildman–Crippen LogP) is 2.46. The average molecular weight is 184 g/mol. The van der Waals surface area contributed by atoms with Crippen molar-refractivity contribution < 1.29 is 9.90 Å². The SMILES string of the molecule is CCCCCC[C@H](O)CC=CC=O. The number of aldehydes is 1. The van der Waals surface area contributed by atoms with Gasteiger partial charge in [-0.25, -0.2) is 0 Å². The van der Waals surface area contributed by atoms with Gasteiger partial charge in [-0.2, -0.15) is 0 Å². The zero-order valence-corrected chi connectivity index (χ0v) is 8.41. The predicted molar refractivity (Wildman–Crippen MR) is 54.6 cm³/mol. The van der Waals surface area contributed by atoms with Crippen molar-refractivity contribution in [3.05, 3.63) is 12.2 Å². The van der Waals surface area contributed by atoms with E-state index in [1.54, 1.807) is 6.08 Å². The van der Waals surface area contributed by atoms with Crippen molar-refractivity contribution in [1.82, 2.24) is 0 Å². The molecule has 2 nitrogen and oxygen atoms in total. The zero-order valence-electron chi connectivity index (χ0n) is 8.41. The Labute approximate surface area is 80.7 Å². The number of hydrogen-bond donors (Lipinski definition) is 1. The van der Waals surface area contributed by atoms with Gasteiger partial charge < -0.3 is 5.11 Å². The van der Waals surface area contributed by atoms with Crippen LogP contribution >= 0.6 is 0 Å². The van der Waals surface area contributed by atoms with Gasteiger partial charge in [0.25, 0.3) is 0 Å². The normalized spacial score (nSPS) is 13.4. The van der Waals surface area contributed by atoms with Crippen molar-refractivity contribution in [1.29, 1.82) is 0 Å². The van der Waals surface area contributed by atoms with Crippen molar-refractivity contribution in [3.8, 4) is 0 Å². The molecule has 0 heterocycles. The number of carbonyl (C=O) groups excluding carboxylic acids is 1. The maximum Gasteiger partial charge on any atom is 0.142 e. The minimum atomic E-state index is -0.270. The first-order valence-corrected chi connectivity index (χ1v) is 5.09. The third-order valence-electron chi connectivity index (χ3n) is 2.01. The average Bonchev–Trinajstić information content (AvgIpc) is 2.13. The molecule has 0 rings (SSSR count). The van der Waals surface area contributed by atoms with Gasteiger partial charge in [-0.15, -0.1) is 0 Å². The molecule has 0 aromatic carbocycles. The Morgan fingerprint density at radius 1 is 1.31 bits per heavy atom. The molecule has 13 heavy (non-hydrogen) atoms. The highest BCUT2D eigenvalue weighted by Crippen LogP contribution is 2.07. The van der Waals surface area contributed by atoms with Crippen molar-refractivity contribution in [2.24, 2.45) is 0 Å². The highest BCUT2D eigenvalue weighted by atomic mass is 16.3. The molecule has 0 spiro atoms. The van der Waals surface area contributed by atoms with E-state index in [-0.39, 0.29) is 6.10 Å². The first-order valence-electron chi connectivity index (χ1n) is 5.09. The third-order valence-corrected chi connectivity index (χ3v) is 2.01. The van der Waals surface area contributed by atoms with Crippen molar-refractivity contribution >= 4 is 6.29 Å². The molecule has 0 amide bonds. The summed E-state index contributed by atoms with van der Waals surface area (Å²) in [6.07, 6.45) is 9.84. The summed E-state index contributed by atoms with van der Waals surface area (Å²) < 4.78 is 0. The molecule has 2 heteroatoms. The highest BCUT2D eigenvalue weighted by molar-refractivity contribution is 5.64. The lowest BCUT2D eigenvalue weighted by molar-refractivity contribution is -0.104. The summed E-state index contributed by atoms with van der Waals surface area (Å²) in [6.45, 7) is 2.17. The fourth-order valence-electron chi connectivity index (χ4n) is 1.22. The summed E-state index contributed by atoms with van der Waals surface area (Å²) in [5.74, 6) is 0. The second-order valence-corrected chi connectivity index (χ2v) is 3.30. The number of rotatable bonds is 8. The van der Waals surface area contributed by atoms with Crippen LogP contribution in [0.3, 0.4) is 0 Å². The molecule has 76 valence electrons. The number of allylic oxidation sites excluding steroid dienone is 1. The van der Waals surface area contributed by atoms with Crippen LogP contribution in [-0.4, -0.2) is 17.5 Å². The number of unbranched alkanes of at least 4 members (excludes halogenated alkanes) is 3. The van der Waals surface area contributed by atoms with E-state index >= 15 is 0 Å². The van der Waals surface area contributed by atoms with Crippen LogP contribution in [-0.2, 0) is 4.79 Å². The van der Waals surface area contributed by atoms with Gasteiger partial charge >= 0.3 is 0 Å². The summed E-state index contributed by atoms with van der Waals surface area (Å²) in [5.41, 5.74) is 0. The standard InChI is InChI=1S/C11H20O2/c1-2-3-4-5-8-11(13)9-6-7-10-12/h6-7,10-11,13H,2-5,8-9H2,1H3/t11-/m0/s1. The molecule has 0 aromatic heterocycles. The smallest absolute Gasteiger partial charge is 0.142 e. The Morgan fingerprint density at radius 3 is 2.69 bits per heavy atom. The van der Waals surface area contributed by atoms with Crippen LogP contribution in [0.15, 0.2) is 12.2 Å². The van der Waals surface area contributed by atoms with Gasteiger partial charge in [0.2, 0.25) is 0 Å². The number of aliphatic hydroxyl groups is 1. The van der Waals surface area contributed by atoms with Gasteiger partial charge in [0, 0.05) is 0 Å². The van der Waals surface area contributed by atoms with E-state index in [0.717, 1.165) is 19.1 Å². The van der Waals surface area contributed by atoms with Gasteiger partial charge in [-0.3, -0.25) is 4.79 Å². The molecule has 0 bridgehead atoms. The highest BCUT2D eigenvalue weighted by Gasteiger charge is 2.00. The van der Waals surface area contributed by atoms with Crippen LogP contribution in [0.1, 0.15) is 45.4 Å². The molecule has 0 fully saturated rings. The quantitative estimate of drug-likeness (QED) is 0.357. The molecule has 0 saturated heterocycles. The van der Waals surface area contributed by atoms with Gasteiger partial charge in [-0.05, 0) is 18.9 Å². The molecule has 0 saturated carbocycles.